The van der Waals surface area contributed by atoms with E-state index >= 15 is 0 Å². The van der Waals surface area contributed by atoms with Crippen LogP contribution in [0.15, 0.2) is 0 Å². The number of rotatable bonds is 3. The van der Waals surface area contributed by atoms with Crippen molar-refractivity contribution in [2.45, 2.75) is 44.7 Å². The zero-order chi connectivity index (χ0) is 11.8. The van der Waals surface area contributed by atoms with Gasteiger partial charge in [0, 0.05) is 25.2 Å². The molecule has 0 spiro atoms. The first-order valence-electron chi connectivity index (χ1n) is 6.00. The smallest absolute Gasteiger partial charge is 0.279 e. The molecule has 1 aliphatic heterocycles. The second-order valence-electron chi connectivity index (χ2n) is 5.16. The van der Waals surface area contributed by atoms with Gasteiger partial charge < -0.3 is 5.73 Å². The molecule has 1 heterocycles. The fraction of sp³-hybridized carbons (Fsp3) is 1.00. The van der Waals surface area contributed by atoms with Crippen molar-refractivity contribution in [2.24, 2.45) is 11.7 Å². The van der Waals surface area contributed by atoms with Crippen LogP contribution in [0.5, 0.6) is 0 Å². The van der Waals surface area contributed by atoms with Gasteiger partial charge >= 0.3 is 0 Å². The first-order chi connectivity index (χ1) is 7.47. The average Bonchev–Trinajstić information content (AvgIpc) is 2.15. The molecule has 1 saturated heterocycles. The van der Waals surface area contributed by atoms with Gasteiger partial charge in [0.05, 0.1) is 0 Å². The summed E-state index contributed by atoms with van der Waals surface area (Å²) in [7, 11) is -3.27. The molecule has 0 amide bonds. The molecular weight excluding hydrogens is 226 g/mol. The maximum absolute atomic E-state index is 12.0. The van der Waals surface area contributed by atoms with Crippen LogP contribution >= 0.6 is 0 Å². The van der Waals surface area contributed by atoms with E-state index in [1.807, 2.05) is 0 Å². The van der Waals surface area contributed by atoms with E-state index in [1.165, 1.54) is 0 Å². The van der Waals surface area contributed by atoms with Gasteiger partial charge in [0.1, 0.15) is 0 Å². The predicted octanol–water partition coefficient (Wildman–Crippen LogP) is 0.0424. The molecule has 1 saturated carbocycles. The lowest BCUT2D eigenvalue weighted by atomic mass is 9.89. The van der Waals surface area contributed by atoms with E-state index in [1.54, 1.807) is 4.31 Å². The first-order valence-corrected chi connectivity index (χ1v) is 7.44. The Morgan fingerprint density at radius 3 is 2.62 bits per heavy atom. The Bertz CT molecular complexity index is 338. The maximum atomic E-state index is 12.0. The normalized spacial score (nSPS) is 37.0. The fourth-order valence-electron chi connectivity index (χ4n) is 2.41. The highest BCUT2D eigenvalue weighted by molar-refractivity contribution is 7.87. The maximum Gasteiger partial charge on any atom is 0.279 e. The van der Waals surface area contributed by atoms with Gasteiger partial charge in [-0.25, -0.2) is 0 Å². The van der Waals surface area contributed by atoms with Crippen LogP contribution in [0.3, 0.4) is 0 Å². The number of hydrogen-bond donors (Lipinski definition) is 2. The Morgan fingerprint density at radius 2 is 2.06 bits per heavy atom. The van der Waals surface area contributed by atoms with Crippen molar-refractivity contribution in [2.75, 3.05) is 13.1 Å². The standard InChI is InChI=1S/C10H21N3O2S/c1-8-3-2-4-13(7-8)16(14,15)12-10-5-9(11)6-10/h8-10,12H,2-7,11H2,1H3. The molecule has 0 aromatic carbocycles. The van der Waals surface area contributed by atoms with Gasteiger partial charge in [0.2, 0.25) is 0 Å². The van der Waals surface area contributed by atoms with Crippen LogP contribution in [0.25, 0.3) is 0 Å². The van der Waals surface area contributed by atoms with Gasteiger partial charge in [0.25, 0.3) is 10.2 Å². The summed E-state index contributed by atoms with van der Waals surface area (Å²) < 4.78 is 28.3. The lowest BCUT2D eigenvalue weighted by Crippen LogP contribution is -2.55. The van der Waals surface area contributed by atoms with Crippen molar-refractivity contribution in [3.63, 3.8) is 0 Å². The number of piperidine rings is 1. The van der Waals surface area contributed by atoms with Gasteiger partial charge in [-0.05, 0) is 31.6 Å². The van der Waals surface area contributed by atoms with Gasteiger partial charge in [-0.3, -0.25) is 0 Å². The van der Waals surface area contributed by atoms with E-state index in [9.17, 15) is 8.42 Å². The highest BCUT2D eigenvalue weighted by atomic mass is 32.2. The lowest BCUT2D eigenvalue weighted by Gasteiger charge is -2.36. The summed E-state index contributed by atoms with van der Waals surface area (Å²) >= 11 is 0. The largest absolute Gasteiger partial charge is 0.328 e. The van der Waals surface area contributed by atoms with Gasteiger partial charge in [0.15, 0.2) is 0 Å². The monoisotopic (exact) mass is 247 g/mol. The van der Waals surface area contributed by atoms with Crippen LogP contribution in [-0.2, 0) is 10.2 Å². The Balaban J connectivity index is 1.90. The quantitative estimate of drug-likeness (QED) is 0.739. The molecule has 2 aliphatic rings. The van der Waals surface area contributed by atoms with E-state index in [0.717, 1.165) is 25.7 Å². The van der Waals surface area contributed by atoms with Crippen molar-refractivity contribution >= 4 is 10.2 Å². The highest BCUT2D eigenvalue weighted by Gasteiger charge is 2.33. The number of hydrogen-bond acceptors (Lipinski definition) is 3. The summed E-state index contributed by atoms with van der Waals surface area (Å²) in [6.45, 7) is 3.40. The van der Waals surface area contributed by atoms with Crippen molar-refractivity contribution < 1.29 is 8.42 Å². The van der Waals surface area contributed by atoms with E-state index < -0.39 is 10.2 Å². The first kappa shape index (κ1) is 12.3. The summed E-state index contributed by atoms with van der Waals surface area (Å²) in [5.41, 5.74) is 5.64. The van der Waals surface area contributed by atoms with Gasteiger partial charge in [-0.2, -0.15) is 17.4 Å². The molecule has 1 atom stereocenters. The Kier molecular flexibility index (Phi) is 3.53. The van der Waals surface area contributed by atoms with Crippen molar-refractivity contribution in [1.29, 1.82) is 0 Å². The van der Waals surface area contributed by atoms with Crippen LogP contribution in [0, 0.1) is 5.92 Å². The summed E-state index contributed by atoms with van der Waals surface area (Å²) in [6, 6.07) is 0.227. The van der Waals surface area contributed by atoms with Crippen LogP contribution in [-0.4, -0.2) is 37.9 Å². The topological polar surface area (TPSA) is 75.4 Å². The summed E-state index contributed by atoms with van der Waals surface area (Å²) in [5, 5.41) is 0. The summed E-state index contributed by atoms with van der Waals surface area (Å²) in [4.78, 5) is 0. The molecule has 0 aromatic rings. The minimum Gasteiger partial charge on any atom is -0.328 e. The van der Waals surface area contributed by atoms with Crippen molar-refractivity contribution in [3.05, 3.63) is 0 Å². The van der Waals surface area contributed by atoms with Crippen molar-refractivity contribution in [3.8, 4) is 0 Å². The Morgan fingerprint density at radius 1 is 1.38 bits per heavy atom. The molecule has 6 heteroatoms. The summed E-state index contributed by atoms with van der Waals surface area (Å²) in [6.07, 6.45) is 3.62. The molecule has 0 aromatic heterocycles. The van der Waals surface area contributed by atoms with Crippen LogP contribution in [0.4, 0.5) is 0 Å². The zero-order valence-corrected chi connectivity index (χ0v) is 10.5. The molecule has 2 rings (SSSR count). The fourth-order valence-corrected chi connectivity index (χ4v) is 3.99. The molecule has 1 aliphatic carbocycles. The van der Waals surface area contributed by atoms with Gasteiger partial charge in [-0.15, -0.1) is 0 Å². The second kappa shape index (κ2) is 4.60. The van der Waals surface area contributed by atoms with E-state index in [0.29, 0.717) is 19.0 Å². The molecular formula is C10H21N3O2S. The average molecular weight is 247 g/mol. The Hall–Kier alpha value is -0.170. The molecule has 0 radical (unpaired) electrons. The molecule has 3 N–H and O–H groups in total. The molecule has 16 heavy (non-hydrogen) atoms. The number of nitrogens with one attached hydrogen (secondary N) is 1. The molecule has 94 valence electrons. The second-order valence-corrected chi connectivity index (χ2v) is 6.86. The molecule has 5 nitrogen and oxygen atoms in total. The van der Waals surface area contributed by atoms with E-state index in [2.05, 4.69) is 11.6 Å². The van der Waals surface area contributed by atoms with Crippen LogP contribution < -0.4 is 10.5 Å². The van der Waals surface area contributed by atoms with Crippen LogP contribution in [0.1, 0.15) is 32.6 Å². The third-order valence-electron chi connectivity index (χ3n) is 3.45. The third kappa shape index (κ3) is 2.74. The third-order valence-corrected chi connectivity index (χ3v) is 5.09. The summed E-state index contributed by atoms with van der Waals surface area (Å²) in [5.74, 6) is 0.467. The number of nitrogens with zero attached hydrogens (tertiary/aromatic N) is 1. The van der Waals surface area contributed by atoms with Crippen molar-refractivity contribution in [1.82, 2.24) is 9.03 Å². The van der Waals surface area contributed by atoms with Gasteiger partial charge in [-0.1, -0.05) is 6.92 Å². The minimum absolute atomic E-state index is 0.0530. The minimum atomic E-state index is -3.27. The highest BCUT2D eigenvalue weighted by Crippen LogP contribution is 2.22. The molecule has 2 fully saturated rings. The zero-order valence-electron chi connectivity index (χ0n) is 9.72. The molecule has 1 unspecified atom stereocenters. The SMILES string of the molecule is CC1CCCN(S(=O)(=O)NC2CC(N)C2)C1. The van der Waals surface area contributed by atoms with E-state index in [4.69, 9.17) is 5.73 Å². The predicted molar refractivity (Wildman–Crippen MR) is 63.0 cm³/mol. The van der Waals surface area contributed by atoms with Crippen LogP contribution in [0.2, 0.25) is 0 Å². The Labute approximate surface area is 97.6 Å². The molecule has 0 bridgehead atoms. The van der Waals surface area contributed by atoms with E-state index in [-0.39, 0.29) is 12.1 Å². The number of nitrogens with two attached hydrogens (primary N) is 1. The lowest BCUT2D eigenvalue weighted by molar-refractivity contribution is 0.266.